The summed E-state index contributed by atoms with van der Waals surface area (Å²) in [5.41, 5.74) is 16.4. The van der Waals surface area contributed by atoms with E-state index in [9.17, 15) is 10.5 Å². The average molecular weight is 919 g/mol. The molecule has 0 saturated carbocycles. The van der Waals surface area contributed by atoms with E-state index in [1.807, 2.05) is 48.5 Å². The molecule has 11 aromatic carbocycles. The summed E-state index contributed by atoms with van der Waals surface area (Å²) in [4.78, 5) is 4.70. The molecule has 72 heavy (non-hydrogen) atoms. The fourth-order valence-corrected chi connectivity index (χ4v) is 10.7. The van der Waals surface area contributed by atoms with Gasteiger partial charge in [0.15, 0.2) is 0 Å². The van der Waals surface area contributed by atoms with Crippen LogP contribution < -0.4 is 9.80 Å². The Labute approximate surface area is 416 Å². The SMILES string of the molecule is N#Cc1ccc(-n2c3ccccc3c3cc(N(c4ccccc4)c4ccc(-c5ccc(N(c6ccccc6)c6ccc7c(c6)c6ccccc6n7-c6ccc(C#N)cc6)c6ccccc56)cc4)ccc32)cc1. The van der Waals surface area contributed by atoms with E-state index in [2.05, 4.69) is 237 Å². The lowest BCUT2D eigenvalue weighted by molar-refractivity contribution is 1.18. The number of anilines is 6. The Balaban J connectivity index is 0.906. The Bertz CT molecular complexity index is 4270. The van der Waals surface area contributed by atoms with E-state index >= 15 is 0 Å². The van der Waals surface area contributed by atoms with Crippen LogP contribution in [0.2, 0.25) is 0 Å². The van der Waals surface area contributed by atoms with Gasteiger partial charge in [-0.1, -0.05) is 115 Å². The number of hydrogen-bond acceptors (Lipinski definition) is 4. The lowest BCUT2D eigenvalue weighted by atomic mass is 9.96. The predicted molar refractivity (Wildman–Crippen MR) is 297 cm³/mol. The third-order valence-electron chi connectivity index (χ3n) is 13.9. The number of hydrogen-bond donors (Lipinski definition) is 0. The Morgan fingerprint density at radius 2 is 0.694 bits per heavy atom. The summed E-state index contributed by atoms with van der Waals surface area (Å²) in [6, 6.07) is 94.1. The van der Waals surface area contributed by atoms with Gasteiger partial charge in [-0.15, -0.1) is 0 Å². The van der Waals surface area contributed by atoms with Crippen LogP contribution in [0.25, 0.3) is 76.9 Å². The topological polar surface area (TPSA) is 63.9 Å². The van der Waals surface area contributed by atoms with Gasteiger partial charge < -0.3 is 18.9 Å². The molecular formula is C66H42N6. The molecule has 0 unspecified atom stereocenters. The Morgan fingerprint density at radius 1 is 0.292 bits per heavy atom. The normalized spacial score (nSPS) is 11.3. The first-order chi connectivity index (χ1) is 35.6. The third-order valence-corrected chi connectivity index (χ3v) is 13.9. The van der Waals surface area contributed by atoms with Crippen LogP contribution in [0, 0.1) is 22.7 Å². The van der Waals surface area contributed by atoms with Crippen LogP contribution in [-0.2, 0) is 0 Å². The molecule has 0 N–H and O–H groups in total. The summed E-state index contributed by atoms with van der Waals surface area (Å²) in [6.45, 7) is 0. The van der Waals surface area contributed by atoms with Crippen LogP contribution in [0.1, 0.15) is 11.1 Å². The van der Waals surface area contributed by atoms with E-state index in [-0.39, 0.29) is 0 Å². The van der Waals surface area contributed by atoms with Crippen LogP contribution in [0.15, 0.2) is 255 Å². The van der Waals surface area contributed by atoms with E-state index in [4.69, 9.17) is 0 Å². The highest BCUT2D eigenvalue weighted by Gasteiger charge is 2.22. The van der Waals surface area contributed by atoms with Crippen molar-refractivity contribution in [3.05, 3.63) is 266 Å². The van der Waals surface area contributed by atoms with Gasteiger partial charge in [-0.05, 0) is 156 Å². The first kappa shape index (κ1) is 42.0. The lowest BCUT2D eigenvalue weighted by Gasteiger charge is -2.28. The van der Waals surface area contributed by atoms with Crippen molar-refractivity contribution in [3.63, 3.8) is 0 Å². The molecule has 13 aromatic rings. The monoisotopic (exact) mass is 918 g/mol. The molecule has 0 bridgehead atoms. The summed E-state index contributed by atoms with van der Waals surface area (Å²) in [6.07, 6.45) is 0. The number of benzene rings is 11. The van der Waals surface area contributed by atoms with Crippen LogP contribution in [0.5, 0.6) is 0 Å². The van der Waals surface area contributed by atoms with Gasteiger partial charge in [0.1, 0.15) is 0 Å². The molecule has 0 radical (unpaired) electrons. The smallest absolute Gasteiger partial charge is 0.0991 e. The zero-order valence-electron chi connectivity index (χ0n) is 38.9. The fraction of sp³-hybridized carbons (Fsp3) is 0. The molecule has 6 nitrogen and oxygen atoms in total. The second kappa shape index (κ2) is 17.4. The zero-order chi connectivity index (χ0) is 48.1. The second-order valence-corrected chi connectivity index (χ2v) is 18.0. The number of fused-ring (bicyclic) bond motifs is 7. The first-order valence-electron chi connectivity index (χ1n) is 24.0. The molecule has 0 spiro atoms. The number of nitrogens with zero attached hydrogens (tertiary/aromatic N) is 6. The van der Waals surface area contributed by atoms with Gasteiger partial charge in [-0.25, -0.2) is 0 Å². The minimum atomic E-state index is 0.637. The van der Waals surface area contributed by atoms with Crippen molar-refractivity contribution in [3.8, 4) is 34.6 Å². The Hall–Kier alpha value is -10.1. The average Bonchev–Trinajstić information content (AvgIpc) is 3.96. The van der Waals surface area contributed by atoms with Crippen molar-refractivity contribution in [2.24, 2.45) is 0 Å². The number of nitriles is 2. The Morgan fingerprint density at radius 3 is 1.21 bits per heavy atom. The molecule has 2 heterocycles. The fourth-order valence-electron chi connectivity index (χ4n) is 10.7. The molecule has 2 aromatic heterocycles. The summed E-state index contributed by atoms with van der Waals surface area (Å²) >= 11 is 0. The van der Waals surface area contributed by atoms with Crippen LogP contribution in [-0.4, -0.2) is 9.13 Å². The first-order valence-corrected chi connectivity index (χ1v) is 24.0. The molecule has 0 fully saturated rings. The van der Waals surface area contributed by atoms with E-state index in [1.165, 1.54) is 0 Å². The highest BCUT2D eigenvalue weighted by atomic mass is 15.2. The molecule has 336 valence electrons. The van der Waals surface area contributed by atoms with Crippen molar-refractivity contribution in [2.75, 3.05) is 9.80 Å². The molecule has 0 aliphatic carbocycles. The predicted octanol–water partition coefficient (Wildman–Crippen LogP) is 17.4. The van der Waals surface area contributed by atoms with Crippen molar-refractivity contribution < 1.29 is 0 Å². The molecule has 13 rings (SSSR count). The van der Waals surface area contributed by atoms with Crippen LogP contribution in [0.4, 0.5) is 34.1 Å². The largest absolute Gasteiger partial charge is 0.310 e. The maximum atomic E-state index is 9.53. The van der Waals surface area contributed by atoms with E-state index < -0.39 is 0 Å². The van der Waals surface area contributed by atoms with Gasteiger partial charge >= 0.3 is 0 Å². The molecular weight excluding hydrogens is 877 g/mol. The summed E-state index contributed by atoms with van der Waals surface area (Å²) in [5, 5.41) is 25.9. The van der Waals surface area contributed by atoms with Crippen LogP contribution >= 0.6 is 0 Å². The maximum absolute atomic E-state index is 9.53. The van der Waals surface area contributed by atoms with Crippen molar-refractivity contribution in [2.45, 2.75) is 0 Å². The van der Waals surface area contributed by atoms with Gasteiger partial charge in [-0.2, -0.15) is 10.5 Å². The number of para-hydroxylation sites is 4. The molecule has 0 amide bonds. The summed E-state index contributed by atoms with van der Waals surface area (Å²) in [7, 11) is 0. The minimum absolute atomic E-state index is 0.637. The highest BCUT2D eigenvalue weighted by Crippen LogP contribution is 2.45. The van der Waals surface area contributed by atoms with Gasteiger partial charge in [0.25, 0.3) is 0 Å². The number of aromatic nitrogens is 2. The lowest BCUT2D eigenvalue weighted by Crippen LogP contribution is -2.10. The standard InChI is InChI=1S/C66H42N6/c67-43-45-23-29-51(30-24-45)71-62-21-11-9-19-58(62)60-41-53(35-38-65(60)71)69(48-13-3-1-4-14-48)50-33-27-47(28-34-50)55-37-40-64(57-18-8-7-17-56(55)57)70(49-15-5-2-6-16-49)54-36-39-66-61(42-54)59-20-10-12-22-63(59)72(66)52-31-25-46(44-68)26-32-52/h1-42H. The van der Waals surface area contributed by atoms with E-state index in [0.717, 1.165) is 111 Å². The van der Waals surface area contributed by atoms with Crippen molar-refractivity contribution >= 4 is 88.5 Å². The minimum Gasteiger partial charge on any atom is -0.310 e. The highest BCUT2D eigenvalue weighted by molar-refractivity contribution is 6.13. The zero-order valence-corrected chi connectivity index (χ0v) is 38.9. The maximum Gasteiger partial charge on any atom is 0.0991 e. The third kappa shape index (κ3) is 7.02. The van der Waals surface area contributed by atoms with Gasteiger partial charge in [0.05, 0.1) is 51.0 Å². The van der Waals surface area contributed by atoms with Crippen molar-refractivity contribution in [1.29, 1.82) is 10.5 Å². The van der Waals surface area contributed by atoms with Crippen molar-refractivity contribution in [1.82, 2.24) is 9.13 Å². The van der Waals surface area contributed by atoms with Gasteiger partial charge in [0, 0.05) is 66.7 Å². The van der Waals surface area contributed by atoms with Gasteiger partial charge in [-0.3, -0.25) is 0 Å². The van der Waals surface area contributed by atoms with Gasteiger partial charge in [0.2, 0.25) is 0 Å². The van der Waals surface area contributed by atoms with E-state index in [1.54, 1.807) is 0 Å². The summed E-state index contributed by atoms with van der Waals surface area (Å²) < 4.78 is 4.57. The molecule has 0 saturated heterocycles. The van der Waals surface area contributed by atoms with Crippen LogP contribution in [0.3, 0.4) is 0 Å². The number of rotatable bonds is 9. The van der Waals surface area contributed by atoms with E-state index in [0.29, 0.717) is 11.1 Å². The quantitative estimate of drug-likeness (QED) is 0.145. The molecule has 0 atom stereocenters. The molecule has 6 heteroatoms. The Kier molecular flexibility index (Phi) is 10.2. The molecule has 0 aliphatic rings. The summed E-state index contributed by atoms with van der Waals surface area (Å²) in [5.74, 6) is 0. The second-order valence-electron chi connectivity index (χ2n) is 18.0. The molecule has 0 aliphatic heterocycles.